The van der Waals surface area contributed by atoms with Gasteiger partial charge in [0.1, 0.15) is 5.25 Å². The highest BCUT2D eigenvalue weighted by molar-refractivity contribution is 8.00. The first-order valence-corrected chi connectivity index (χ1v) is 7.03. The monoisotopic (exact) mass is 261 g/mol. The molecular formula is C14H15NO2S. The average molecular weight is 261 g/mol. The summed E-state index contributed by atoms with van der Waals surface area (Å²) in [6.07, 6.45) is 4.64. The van der Waals surface area contributed by atoms with Gasteiger partial charge in [0.2, 0.25) is 0 Å². The first-order chi connectivity index (χ1) is 8.70. The van der Waals surface area contributed by atoms with E-state index in [-0.39, 0.29) is 0 Å². The zero-order chi connectivity index (χ0) is 13.0. The molecule has 1 aromatic rings. The molecule has 2 rings (SSSR count). The van der Waals surface area contributed by atoms with Crippen molar-refractivity contribution in [2.75, 3.05) is 0 Å². The maximum absolute atomic E-state index is 11.4. The second-order valence-corrected chi connectivity index (χ2v) is 5.90. The third kappa shape index (κ3) is 3.05. The molecule has 1 N–H and O–H groups in total. The van der Waals surface area contributed by atoms with E-state index in [2.05, 4.69) is 0 Å². The molecule has 4 heteroatoms. The standard InChI is InChI=1S/C14H15NO2S/c15-9-10-5-7-11(8-6-10)13(14(16)17)18-12-3-1-2-4-12/h5-8,12-13H,1-4H2,(H,16,17). The van der Waals surface area contributed by atoms with Crippen LogP contribution in [0.2, 0.25) is 0 Å². The number of nitriles is 1. The summed E-state index contributed by atoms with van der Waals surface area (Å²) in [6.45, 7) is 0. The van der Waals surface area contributed by atoms with Crippen LogP contribution in [0.25, 0.3) is 0 Å². The van der Waals surface area contributed by atoms with Crippen LogP contribution in [0, 0.1) is 11.3 Å². The van der Waals surface area contributed by atoms with E-state index in [9.17, 15) is 9.90 Å². The molecule has 0 amide bonds. The smallest absolute Gasteiger partial charge is 0.321 e. The minimum atomic E-state index is -0.795. The fourth-order valence-electron chi connectivity index (χ4n) is 2.23. The Morgan fingerprint density at radius 2 is 1.94 bits per heavy atom. The van der Waals surface area contributed by atoms with E-state index in [0.717, 1.165) is 18.4 Å². The third-order valence-electron chi connectivity index (χ3n) is 3.20. The van der Waals surface area contributed by atoms with Crippen LogP contribution < -0.4 is 0 Å². The first-order valence-electron chi connectivity index (χ1n) is 6.09. The lowest BCUT2D eigenvalue weighted by Crippen LogP contribution is -2.11. The van der Waals surface area contributed by atoms with Crippen LogP contribution in [-0.2, 0) is 4.79 Å². The van der Waals surface area contributed by atoms with Gasteiger partial charge in [0.25, 0.3) is 0 Å². The number of rotatable bonds is 4. The highest BCUT2D eigenvalue weighted by atomic mass is 32.2. The molecular weight excluding hydrogens is 246 g/mol. The zero-order valence-corrected chi connectivity index (χ0v) is 10.8. The van der Waals surface area contributed by atoms with Crippen LogP contribution >= 0.6 is 11.8 Å². The summed E-state index contributed by atoms with van der Waals surface area (Å²) in [5.41, 5.74) is 1.34. The van der Waals surface area contributed by atoms with Gasteiger partial charge in [-0.2, -0.15) is 5.26 Å². The lowest BCUT2D eigenvalue weighted by Gasteiger charge is -2.16. The first kappa shape index (κ1) is 13.0. The van der Waals surface area contributed by atoms with E-state index in [1.807, 2.05) is 6.07 Å². The van der Waals surface area contributed by atoms with E-state index < -0.39 is 11.2 Å². The number of hydrogen-bond acceptors (Lipinski definition) is 3. The fraction of sp³-hybridized carbons (Fsp3) is 0.429. The largest absolute Gasteiger partial charge is 0.480 e. The summed E-state index contributed by atoms with van der Waals surface area (Å²) in [5.74, 6) is -0.795. The summed E-state index contributed by atoms with van der Waals surface area (Å²) >= 11 is 1.54. The van der Waals surface area contributed by atoms with Crippen molar-refractivity contribution >= 4 is 17.7 Å². The van der Waals surface area contributed by atoms with Crippen molar-refractivity contribution in [3.63, 3.8) is 0 Å². The van der Waals surface area contributed by atoms with Gasteiger partial charge in [-0.15, -0.1) is 11.8 Å². The molecule has 1 aliphatic rings. The summed E-state index contributed by atoms with van der Waals surface area (Å²) in [6, 6.07) is 8.90. The molecule has 0 saturated heterocycles. The number of benzene rings is 1. The van der Waals surface area contributed by atoms with Crippen molar-refractivity contribution in [1.82, 2.24) is 0 Å². The van der Waals surface area contributed by atoms with E-state index in [4.69, 9.17) is 5.26 Å². The van der Waals surface area contributed by atoms with Gasteiger partial charge >= 0.3 is 5.97 Å². The van der Waals surface area contributed by atoms with Gasteiger partial charge in [0.05, 0.1) is 11.6 Å². The molecule has 0 bridgehead atoms. The molecule has 1 atom stereocenters. The van der Waals surface area contributed by atoms with Crippen molar-refractivity contribution in [1.29, 1.82) is 5.26 Å². The summed E-state index contributed by atoms with van der Waals surface area (Å²) in [4.78, 5) is 11.4. The molecule has 0 aliphatic heterocycles. The Hall–Kier alpha value is -1.47. The molecule has 1 fully saturated rings. The summed E-state index contributed by atoms with van der Waals surface area (Å²) in [7, 11) is 0. The van der Waals surface area contributed by atoms with E-state index in [1.165, 1.54) is 12.8 Å². The fourth-order valence-corrected chi connectivity index (χ4v) is 3.65. The van der Waals surface area contributed by atoms with Gasteiger partial charge < -0.3 is 5.11 Å². The highest BCUT2D eigenvalue weighted by Gasteiger charge is 2.26. The molecule has 0 spiro atoms. The second kappa shape index (κ2) is 5.92. The van der Waals surface area contributed by atoms with E-state index >= 15 is 0 Å². The quantitative estimate of drug-likeness (QED) is 0.902. The zero-order valence-electron chi connectivity index (χ0n) is 10.0. The number of aliphatic carboxylic acids is 1. The third-order valence-corrected chi connectivity index (χ3v) is 4.80. The van der Waals surface area contributed by atoms with Crippen molar-refractivity contribution in [2.24, 2.45) is 0 Å². The molecule has 0 radical (unpaired) electrons. The number of hydrogen-bond donors (Lipinski definition) is 1. The number of carboxylic acid groups (broad SMARTS) is 1. The molecule has 1 unspecified atom stereocenters. The second-order valence-electron chi connectivity index (χ2n) is 4.49. The highest BCUT2D eigenvalue weighted by Crippen LogP contribution is 2.39. The Kier molecular flexibility index (Phi) is 4.27. The molecule has 1 aliphatic carbocycles. The Balaban J connectivity index is 2.13. The van der Waals surface area contributed by atoms with Crippen LogP contribution in [0.4, 0.5) is 0 Å². The number of thioether (sulfide) groups is 1. The van der Waals surface area contributed by atoms with Crippen molar-refractivity contribution in [3.05, 3.63) is 35.4 Å². The molecule has 0 aromatic heterocycles. The molecule has 94 valence electrons. The van der Waals surface area contributed by atoms with Gasteiger partial charge in [-0.05, 0) is 30.5 Å². The van der Waals surface area contributed by atoms with Gasteiger partial charge in [0, 0.05) is 5.25 Å². The number of carboxylic acids is 1. The van der Waals surface area contributed by atoms with Crippen molar-refractivity contribution in [3.8, 4) is 6.07 Å². The van der Waals surface area contributed by atoms with Crippen LogP contribution in [-0.4, -0.2) is 16.3 Å². The molecule has 18 heavy (non-hydrogen) atoms. The Bertz CT molecular complexity index is 458. The SMILES string of the molecule is N#Cc1ccc(C(SC2CCCC2)C(=O)O)cc1. The summed E-state index contributed by atoms with van der Waals surface area (Å²) < 4.78 is 0. The van der Waals surface area contributed by atoms with Gasteiger partial charge in [-0.3, -0.25) is 4.79 Å². The number of carbonyl (C=O) groups is 1. The predicted molar refractivity (Wildman–Crippen MR) is 71.4 cm³/mol. The van der Waals surface area contributed by atoms with Crippen LogP contribution in [0.3, 0.4) is 0 Å². The predicted octanol–water partition coefficient (Wildman–Crippen LogP) is 3.36. The van der Waals surface area contributed by atoms with Crippen LogP contribution in [0.15, 0.2) is 24.3 Å². The number of nitrogens with zero attached hydrogens (tertiary/aromatic N) is 1. The maximum Gasteiger partial charge on any atom is 0.321 e. The van der Waals surface area contributed by atoms with Crippen molar-refractivity contribution < 1.29 is 9.90 Å². The van der Waals surface area contributed by atoms with E-state index in [1.54, 1.807) is 36.0 Å². The minimum absolute atomic E-state index is 0.460. The molecule has 0 heterocycles. The lowest BCUT2D eigenvalue weighted by molar-refractivity contribution is -0.136. The average Bonchev–Trinajstić information content (AvgIpc) is 2.89. The Labute approximate surface area is 111 Å². The molecule has 1 saturated carbocycles. The summed E-state index contributed by atoms with van der Waals surface area (Å²) in [5, 5.41) is 18.0. The van der Waals surface area contributed by atoms with Crippen LogP contribution in [0.5, 0.6) is 0 Å². The maximum atomic E-state index is 11.4. The molecule has 1 aromatic carbocycles. The van der Waals surface area contributed by atoms with E-state index in [0.29, 0.717) is 10.8 Å². The lowest BCUT2D eigenvalue weighted by atomic mass is 10.1. The Morgan fingerprint density at radius 3 is 2.44 bits per heavy atom. The van der Waals surface area contributed by atoms with Crippen LogP contribution in [0.1, 0.15) is 42.1 Å². The Morgan fingerprint density at radius 1 is 1.33 bits per heavy atom. The minimum Gasteiger partial charge on any atom is -0.480 e. The van der Waals surface area contributed by atoms with Gasteiger partial charge in [-0.1, -0.05) is 25.0 Å². The van der Waals surface area contributed by atoms with Gasteiger partial charge in [-0.25, -0.2) is 0 Å². The van der Waals surface area contributed by atoms with Crippen molar-refractivity contribution in [2.45, 2.75) is 36.2 Å². The molecule has 3 nitrogen and oxygen atoms in total. The van der Waals surface area contributed by atoms with Gasteiger partial charge in [0.15, 0.2) is 0 Å². The topological polar surface area (TPSA) is 61.1 Å². The normalized spacial score (nSPS) is 17.3.